The maximum Gasteiger partial charge on any atom is 0.242 e. The summed E-state index contributed by atoms with van der Waals surface area (Å²) in [5, 5.41) is 3.98. The van der Waals surface area contributed by atoms with Gasteiger partial charge in [-0.05, 0) is 76.5 Å². The zero-order chi connectivity index (χ0) is 23.2. The number of rotatable bonds is 3. The Hall–Kier alpha value is -2.83. The molecule has 7 heteroatoms. The molecule has 2 aliphatic heterocycles. The number of carbonyl (C=O) groups is 2. The van der Waals surface area contributed by atoms with E-state index in [9.17, 15) is 9.59 Å². The zero-order valence-electron chi connectivity index (χ0n) is 19.8. The summed E-state index contributed by atoms with van der Waals surface area (Å²) >= 11 is 0. The third-order valence-electron chi connectivity index (χ3n) is 6.90. The van der Waals surface area contributed by atoms with E-state index in [1.54, 1.807) is 4.90 Å². The van der Waals surface area contributed by atoms with E-state index < -0.39 is 0 Å². The highest BCUT2D eigenvalue weighted by Gasteiger charge is 2.29. The number of nitrogens with zero attached hydrogens (tertiary/aromatic N) is 3. The fraction of sp³-hybridized carbons (Fsp3) is 0.577. The second kappa shape index (κ2) is 10.9. The molecule has 33 heavy (non-hydrogen) atoms. The molecule has 1 saturated heterocycles. The smallest absolute Gasteiger partial charge is 0.242 e. The molecule has 3 heterocycles. The number of fused-ring (bicyclic) bond motifs is 3. The molecule has 2 bridgehead atoms. The summed E-state index contributed by atoms with van der Waals surface area (Å²) in [7, 11) is 0. The Kier molecular flexibility index (Phi) is 7.68. The normalized spacial score (nSPS) is 20.1. The Labute approximate surface area is 196 Å². The van der Waals surface area contributed by atoms with Gasteiger partial charge in [-0.2, -0.15) is 0 Å². The molecule has 0 radical (unpaired) electrons. The second-order valence-electron chi connectivity index (χ2n) is 9.24. The number of piperidine rings is 1. The minimum atomic E-state index is -0.00833. The van der Waals surface area contributed by atoms with E-state index >= 15 is 0 Å². The van der Waals surface area contributed by atoms with Crippen LogP contribution in [0.1, 0.15) is 61.1 Å². The number of ether oxygens (including phenoxy) is 1. The fourth-order valence-corrected chi connectivity index (χ4v) is 4.99. The van der Waals surface area contributed by atoms with Crippen LogP contribution in [0.25, 0.3) is 0 Å². The van der Waals surface area contributed by atoms with Gasteiger partial charge in [0.25, 0.3) is 0 Å². The van der Waals surface area contributed by atoms with Crippen molar-refractivity contribution in [1.82, 2.24) is 15.0 Å². The van der Waals surface area contributed by atoms with Crippen LogP contribution in [0, 0.1) is 13.8 Å². The minimum Gasteiger partial charge on any atom is -0.494 e. The van der Waals surface area contributed by atoms with E-state index in [0.29, 0.717) is 32.4 Å². The quantitative estimate of drug-likeness (QED) is 0.706. The summed E-state index contributed by atoms with van der Waals surface area (Å²) in [6.45, 7) is 5.70. The minimum absolute atomic E-state index is 0.00833. The first-order valence-corrected chi connectivity index (χ1v) is 12.2. The molecule has 1 atom stereocenters. The lowest BCUT2D eigenvalue weighted by atomic mass is 9.95. The number of benzene rings is 1. The van der Waals surface area contributed by atoms with Crippen molar-refractivity contribution in [2.75, 3.05) is 26.2 Å². The van der Waals surface area contributed by atoms with Crippen molar-refractivity contribution in [2.24, 2.45) is 0 Å². The summed E-state index contributed by atoms with van der Waals surface area (Å²) in [5.41, 5.74) is 3.05. The van der Waals surface area contributed by atoms with Crippen molar-refractivity contribution in [3.63, 3.8) is 0 Å². The summed E-state index contributed by atoms with van der Waals surface area (Å²) in [6, 6.07) is 8.49. The van der Waals surface area contributed by atoms with E-state index in [1.807, 2.05) is 30.9 Å². The molecular weight excluding hydrogens is 418 g/mol. The Balaban J connectivity index is 1.48. The Morgan fingerprint density at radius 1 is 1.15 bits per heavy atom. The van der Waals surface area contributed by atoms with Crippen LogP contribution < -0.4 is 4.74 Å². The number of aryl methyl sites for hydroxylation is 3. The van der Waals surface area contributed by atoms with E-state index in [2.05, 4.69) is 17.3 Å². The molecule has 7 nitrogen and oxygen atoms in total. The lowest BCUT2D eigenvalue weighted by Crippen LogP contribution is -2.49. The standard InChI is InChI=1S/C26H35N3O4/c1-19-24(20(2)33-27-19)12-13-25(30)28-14-6-16-32-23-9-5-7-21(17-23)10-11-22-8-3-4-15-29(22)26(31)18-28/h5,7,9,17,22H,3-4,6,8,10-16,18H2,1-2H3. The number of hydrogen-bond acceptors (Lipinski definition) is 5. The molecule has 1 unspecified atom stereocenters. The highest BCUT2D eigenvalue weighted by atomic mass is 16.5. The van der Waals surface area contributed by atoms with Crippen LogP contribution in [-0.4, -0.2) is 59.1 Å². The summed E-state index contributed by atoms with van der Waals surface area (Å²) < 4.78 is 11.2. The third-order valence-corrected chi connectivity index (χ3v) is 6.90. The predicted molar refractivity (Wildman–Crippen MR) is 125 cm³/mol. The van der Waals surface area contributed by atoms with Gasteiger partial charge in [0.05, 0.1) is 18.8 Å². The van der Waals surface area contributed by atoms with Crippen LogP contribution in [0.4, 0.5) is 0 Å². The lowest BCUT2D eigenvalue weighted by molar-refractivity contribution is -0.143. The van der Waals surface area contributed by atoms with Gasteiger partial charge in [0, 0.05) is 31.1 Å². The zero-order valence-corrected chi connectivity index (χ0v) is 19.8. The highest BCUT2D eigenvalue weighted by molar-refractivity contribution is 5.85. The van der Waals surface area contributed by atoms with Gasteiger partial charge in [-0.1, -0.05) is 17.3 Å². The molecule has 0 saturated carbocycles. The first-order chi connectivity index (χ1) is 16.0. The molecular formula is C26H35N3O4. The van der Waals surface area contributed by atoms with Gasteiger partial charge >= 0.3 is 0 Å². The molecule has 0 aliphatic carbocycles. The molecule has 2 aromatic rings. The first-order valence-electron chi connectivity index (χ1n) is 12.2. The van der Waals surface area contributed by atoms with Crippen LogP contribution in [0.2, 0.25) is 0 Å². The molecule has 1 aromatic heterocycles. The maximum absolute atomic E-state index is 13.3. The van der Waals surface area contributed by atoms with E-state index in [4.69, 9.17) is 9.26 Å². The molecule has 0 spiro atoms. The lowest BCUT2D eigenvalue weighted by Gasteiger charge is -2.37. The van der Waals surface area contributed by atoms with Gasteiger partial charge < -0.3 is 19.1 Å². The molecule has 1 aromatic carbocycles. The van der Waals surface area contributed by atoms with Crippen LogP contribution in [-0.2, 0) is 22.4 Å². The van der Waals surface area contributed by atoms with E-state index in [-0.39, 0.29) is 24.4 Å². The SMILES string of the molecule is Cc1noc(C)c1CCC(=O)N1CCCOc2cccc(c2)CCC2CCCCN2C(=O)C1. The van der Waals surface area contributed by atoms with Crippen LogP contribution in [0.3, 0.4) is 0 Å². The molecule has 178 valence electrons. The van der Waals surface area contributed by atoms with Crippen molar-refractivity contribution in [3.05, 3.63) is 46.8 Å². The largest absolute Gasteiger partial charge is 0.494 e. The fourth-order valence-electron chi connectivity index (χ4n) is 4.99. The molecule has 1 fully saturated rings. The van der Waals surface area contributed by atoms with Crippen molar-refractivity contribution in [2.45, 2.75) is 71.3 Å². The third kappa shape index (κ3) is 5.95. The Morgan fingerprint density at radius 2 is 2.03 bits per heavy atom. The number of aromatic nitrogens is 1. The van der Waals surface area contributed by atoms with Gasteiger partial charge in [-0.15, -0.1) is 0 Å². The Bertz CT molecular complexity index is 951. The number of carbonyl (C=O) groups excluding carboxylic acids is 2. The van der Waals surface area contributed by atoms with Gasteiger partial charge in [0.1, 0.15) is 11.5 Å². The summed E-state index contributed by atoms with van der Waals surface area (Å²) in [4.78, 5) is 30.2. The second-order valence-corrected chi connectivity index (χ2v) is 9.24. The average Bonchev–Trinajstić information content (AvgIpc) is 3.15. The Morgan fingerprint density at radius 3 is 2.85 bits per heavy atom. The summed E-state index contributed by atoms with van der Waals surface area (Å²) in [5.74, 6) is 1.68. The van der Waals surface area contributed by atoms with Crippen LogP contribution >= 0.6 is 0 Å². The van der Waals surface area contributed by atoms with Gasteiger partial charge in [-0.25, -0.2) is 0 Å². The highest BCUT2D eigenvalue weighted by Crippen LogP contribution is 2.24. The van der Waals surface area contributed by atoms with Gasteiger partial charge in [0.15, 0.2) is 0 Å². The molecule has 4 rings (SSSR count). The predicted octanol–water partition coefficient (Wildman–Crippen LogP) is 3.85. The number of amides is 2. The summed E-state index contributed by atoms with van der Waals surface area (Å²) in [6.07, 6.45) is 6.66. The van der Waals surface area contributed by atoms with Crippen molar-refractivity contribution in [3.8, 4) is 5.75 Å². The van der Waals surface area contributed by atoms with Gasteiger partial charge in [-0.3, -0.25) is 9.59 Å². The van der Waals surface area contributed by atoms with Crippen LogP contribution in [0.5, 0.6) is 5.75 Å². The van der Waals surface area contributed by atoms with E-state index in [1.165, 1.54) is 5.56 Å². The first kappa shape index (κ1) is 23.3. The molecule has 2 amide bonds. The topological polar surface area (TPSA) is 75.9 Å². The maximum atomic E-state index is 13.3. The monoisotopic (exact) mass is 453 g/mol. The van der Waals surface area contributed by atoms with Crippen molar-refractivity contribution < 1.29 is 18.8 Å². The van der Waals surface area contributed by atoms with Crippen molar-refractivity contribution in [1.29, 1.82) is 0 Å². The van der Waals surface area contributed by atoms with Crippen LogP contribution in [0.15, 0.2) is 28.8 Å². The van der Waals surface area contributed by atoms with Gasteiger partial charge in [0.2, 0.25) is 11.8 Å². The average molecular weight is 454 g/mol. The van der Waals surface area contributed by atoms with E-state index in [0.717, 1.165) is 61.4 Å². The van der Waals surface area contributed by atoms with Crippen molar-refractivity contribution >= 4 is 11.8 Å². The number of hydrogen-bond donors (Lipinski definition) is 0. The molecule has 2 aliphatic rings. The molecule has 0 N–H and O–H groups in total.